The van der Waals surface area contributed by atoms with Crippen molar-refractivity contribution in [3.8, 4) is 0 Å². The fourth-order valence-electron chi connectivity index (χ4n) is 5.42. The molecule has 4 aromatic carbocycles. The molecule has 0 unspecified atom stereocenters. The van der Waals surface area contributed by atoms with Gasteiger partial charge in [-0.05, 0) is 54.6 Å². The SMILES string of the molecule is N=C(N)c1ccc(CNC(=O)[C@H](CCCCN)NC(=O)C[C@H](NC(=O)Nc2ccccc2)C(c2ccccc2)c2ccccc2)cc1. The largest absolute Gasteiger partial charge is 0.384 e. The molecule has 47 heavy (non-hydrogen) atoms. The van der Waals surface area contributed by atoms with Crippen molar-refractivity contribution in [2.75, 3.05) is 11.9 Å². The second-order valence-electron chi connectivity index (χ2n) is 11.3. The monoisotopic (exact) mass is 633 g/mol. The maximum atomic E-state index is 13.8. The van der Waals surface area contributed by atoms with Crippen molar-refractivity contribution >= 4 is 29.4 Å². The van der Waals surface area contributed by atoms with Crippen molar-refractivity contribution in [3.05, 3.63) is 138 Å². The molecule has 244 valence electrons. The Balaban J connectivity index is 1.54. The number of unbranched alkanes of at least 4 members (excludes halogenated alkanes) is 1. The van der Waals surface area contributed by atoms with E-state index in [1.165, 1.54) is 0 Å². The topological polar surface area (TPSA) is 175 Å². The van der Waals surface area contributed by atoms with Crippen LogP contribution in [0.5, 0.6) is 0 Å². The molecular weight excluding hydrogens is 590 g/mol. The molecule has 10 heteroatoms. The summed E-state index contributed by atoms with van der Waals surface area (Å²) in [6, 6.07) is 33.7. The highest BCUT2D eigenvalue weighted by Gasteiger charge is 2.30. The molecule has 0 heterocycles. The lowest BCUT2D eigenvalue weighted by Crippen LogP contribution is -2.50. The van der Waals surface area contributed by atoms with Gasteiger partial charge < -0.3 is 32.7 Å². The predicted molar refractivity (Wildman–Crippen MR) is 186 cm³/mol. The molecule has 0 aromatic heterocycles. The highest BCUT2D eigenvalue weighted by Crippen LogP contribution is 2.30. The molecule has 10 nitrogen and oxygen atoms in total. The van der Waals surface area contributed by atoms with E-state index in [0.29, 0.717) is 37.1 Å². The van der Waals surface area contributed by atoms with Gasteiger partial charge in [0, 0.05) is 30.1 Å². The van der Waals surface area contributed by atoms with Crippen LogP contribution in [0.1, 0.15) is 53.9 Å². The third kappa shape index (κ3) is 10.8. The summed E-state index contributed by atoms with van der Waals surface area (Å²) < 4.78 is 0. The quantitative estimate of drug-likeness (QED) is 0.0541. The summed E-state index contributed by atoms with van der Waals surface area (Å²) in [6.45, 7) is 0.720. The Morgan fingerprint density at radius 1 is 0.723 bits per heavy atom. The lowest BCUT2D eigenvalue weighted by molar-refractivity contribution is -0.129. The Kier molecular flexibility index (Phi) is 13.1. The molecule has 0 aliphatic rings. The number of para-hydroxylation sites is 1. The number of hydrogen-bond donors (Lipinski definition) is 7. The Morgan fingerprint density at radius 3 is 1.85 bits per heavy atom. The molecular formula is C37H43N7O3. The van der Waals surface area contributed by atoms with E-state index in [4.69, 9.17) is 16.9 Å². The smallest absolute Gasteiger partial charge is 0.319 e. The van der Waals surface area contributed by atoms with Gasteiger partial charge in [-0.3, -0.25) is 15.0 Å². The zero-order valence-corrected chi connectivity index (χ0v) is 26.3. The highest BCUT2D eigenvalue weighted by molar-refractivity contribution is 5.95. The summed E-state index contributed by atoms with van der Waals surface area (Å²) in [7, 11) is 0. The fraction of sp³-hybridized carbons (Fsp3) is 0.243. The van der Waals surface area contributed by atoms with Crippen molar-refractivity contribution in [2.45, 2.75) is 50.2 Å². The molecule has 9 N–H and O–H groups in total. The predicted octanol–water partition coefficient (Wildman–Crippen LogP) is 4.61. The first-order valence-electron chi connectivity index (χ1n) is 15.8. The van der Waals surface area contributed by atoms with Crippen molar-refractivity contribution < 1.29 is 14.4 Å². The Bertz CT molecular complexity index is 1540. The summed E-state index contributed by atoms with van der Waals surface area (Å²) in [4.78, 5) is 40.4. The molecule has 0 fully saturated rings. The van der Waals surface area contributed by atoms with Crippen molar-refractivity contribution in [3.63, 3.8) is 0 Å². The molecule has 0 spiro atoms. The van der Waals surface area contributed by atoms with Crippen LogP contribution < -0.4 is 32.7 Å². The molecule has 2 atom stereocenters. The van der Waals surface area contributed by atoms with Gasteiger partial charge in [0.25, 0.3) is 0 Å². The van der Waals surface area contributed by atoms with Crippen LogP contribution in [0.4, 0.5) is 10.5 Å². The maximum Gasteiger partial charge on any atom is 0.319 e. The van der Waals surface area contributed by atoms with Crippen LogP contribution >= 0.6 is 0 Å². The number of nitrogens with one attached hydrogen (secondary N) is 5. The van der Waals surface area contributed by atoms with E-state index in [1.54, 1.807) is 36.4 Å². The molecule has 0 aliphatic carbocycles. The van der Waals surface area contributed by atoms with Gasteiger partial charge in [-0.15, -0.1) is 0 Å². The maximum absolute atomic E-state index is 13.8. The van der Waals surface area contributed by atoms with E-state index in [1.807, 2.05) is 78.9 Å². The van der Waals surface area contributed by atoms with Crippen molar-refractivity contribution in [1.82, 2.24) is 16.0 Å². The molecule has 4 amide bonds. The van der Waals surface area contributed by atoms with Crippen molar-refractivity contribution in [2.24, 2.45) is 11.5 Å². The van der Waals surface area contributed by atoms with E-state index in [0.717, 1.165) is 16.7 Å². The van der Waals surface area contributed by atoms with Crippen LogP contribution in [0.25, 0.3) is 0 Å². The van der Waals surface area contributed by atoms with Crippen LogP contribution in [0.15, 0.2) is 115 Å². The van der Waals surface area contributed by atoms with Crippen molar-refractivity contribution in [1.29, 1.82) is 5.41 Å². The van der Waals surface area contributed by atoms with Crippen LogP contribution in [0.3, 0.4) is 0 Å². The molecule has 0 saturated carbocycles. The summed E-state index contributed by atoms with van der Waals surface area (Å²) in [6.07, 6.45) is 1.69. The van der Waals surface area contributed by atoms with Gasteiger partial charge in [-0.2, -0.15) is 0 Å². The number of rotatable bonds is 16. The number of amides is 4. The number of amidine groups is 1. The van der Waals surface area contributed by atoms with Gasteiger partial charge in [0.2, 0.25) is 11.8 Å². The van der Waals surface area contributed by atoms with E-state index in [2.05, 4.69) is 21.3 Å². The number of benzene rings is 4. The Morgan fingerprint density at radius 2 is 1.30 bits per heavy atom. The van der Waals surface area contributed by atoms with Gasteiger partial charge in [-0.1, -0.05) is 103 Å². The average molecular weight is 634 g/mol. The zero-order valence-electron chi connectivity index (χ0n) is 26.3. The minimum Gasteiger partial charge on any atom is -0.384 e. The van der Waals surface area contributed by atoms with Crippen LogP contribution in [0, 0.1) is 5.41 Å². The van der Waals surface area contributed by atoms with Crippen LogP contribution in [0.2, 0.25) is 0 Å². The third-order valence-electron chi connectivity index (χ3n) is 7.80. The Labute approximate surface area is 275 Å². The highest BCUT2D eigenvalue weighted by atomic mass is 16.2. The first-order chi connectivity index (χ1) is 22.8. The number of nitrogen functional groups attached to an aromatic ring is 1. The molecule has 0 saturated heterocycles. The summed E-state index contributed by atoms with van der Waals surface area (Å²) in [5.41, 5.74) is 15.2. The van der Waals surface area contributed by atoms with Gasteiger partial charge >= 0.3 is 6.03 Å². The number of anilines is 1. The zero-order chi connectivity index (χ0) is 33.4. The van der Waals surface area contributed by atoms with Gasteiger partial charge in [0.15, 0.2) is 0 Å². The fourth-order valence-corrected chi connectivity index (χ4v) is 5.42. The first kappa shape index (κ1) is 34.4. The lowest BCUT2D eigenvalue weighted by atomic mass is 9.83. The van der Waals surface area contributed by atoms with E-state index < -0.39 is 18.1 Å². The molecule has 0 radical (unpaired) electrons. The Hall–Kier alpha value is -5.48. The molecule has 4 aromatic rings. The van der Waals surface area contributed by atoms with E-state index in [9.17, 15) is 14.4 Å². The number of urea groups is 1. The van der Waals surface area contributed by atoms with Gasteiger partial charge in [-0.25, -0.2) is 4.79 Å². The minimum absolute atomic E-state index is 0.0321. The number of hydrogen-bond acceptors (Lipinski definition) is 5. The summed E-state index contributed by atoms with van der Waals surface area (Å²) >= 11 is 0. The summed E-state index contributed by atoms with van der Waals surface area (Å²) in [5.74, 6) is -1.08. The normalized spacial score (nSPS) is 12.0. The van der Waals surface area contributed by atoms with E-state index >= 15 is 0 Å². The number of carbonyl (C=O) groups is 3. The molecule has 4 rings (SSSR count). The number of carbonyl (C=O) groups excluding carboxylic acids is 3. The van der Waals surface area contributed by atoms with Gasteiger partial charge in [0.05, 0.1) is 6.04 Å². The second kappa shape index (κ2) is 17.9. The van der Waals surface area contributed by atoms with Crippen LogP contribution in [-0.4, -0.2) is 42.3 Å². The molecule has 0 aliphatic heterocycles. The lowest BCUT2D eigenvalue weighted by Gasteiger charge is -2.29. The summed E-state index contributed by atoms with van der Waals surface area (Å²) in [5, 5.41) is 19.3. The third-order valence-corrected chi connectivity index (χ3v) is 7.80. The second-order valence-corrected chi connectivity index (χ2v) is 11.3. The standard InChI is InChI=1S/C37H43N7O3/c38-23-11-10-18-31(36(46)41-25-26-19-21-29(22-20-26)35(39)40)43-33(45)24-32(44-37(47)42-30-16-8-3-9-17-30)34(27-12-4-1-5-13-27)28-14-6-2-7-15-28/h1-9,12-17,19-22,31-32,34H,10-11,18,23-25,38H2,(H3,39,40)(H,41,46)(H,43,45)(H2,42,44,47)/t31-,32-/m0/s1. The number of nitrogens with two attached hydrogens (primary N) is 2. The average Bonchev–Trinajstić information content (AvgIpc) is 3.08. The molecule has 0 bridgehead atoms. The first-order valence-corrected chi connectivity index (χ1v) is 15.8. The van der Waals surface area contributed by atoms with Crippen LogP contribution in [-0.2, 0) is 16.1 Å². The van der Waals surface area contributed by atoms with Gasteiger partial charge in [0.1, 0.15) is 11.9 Å². The van der Waals surface area contributed by atoms with E-state index in [-0.39, 0.29) is 36.5 Å². The minimum atomic E-state index is -0.795.